The van der Waals surface area contributed by atoms with E-state index in [1.54, 1.807) is 12.3 Å². The first-order valence-electron chi connectivity index (χ1n) is 7.73. The van der Waals surface area contributed by atoms with Gasteiger partial charge in [-0.1, -0.05) is 18.2 Å². The van der Waals surface area contributed by atoms with Crippen molar-refractivity contribution >= 4 is 18.9 Å². The molecule has 1 aliphatic rings. The number of benzene rings is 1. The summed E-state index contributed by atoms with van der Waals surface area (Å²) in [6.07, 6.45) is 4.55. The lowest BCUT2D eigenvalue weighted by atomic mass is 9.82. The van der Waals surface area contributed by atoms with Crippen molar-refractivity contribution < 1.29 is 14.1 Å². The molecule has 1 saturated heterocycles. The zero-order chi connectivity index (χ0) is 16.7. The van der Waals surface area contributed by atoms with Crippen LogP contribution in [0, 0.1) is 0 Å². The Kier molecular flexibility index (Phi) is 3.90. The normalized spacial score (nSPS) is 19.0. The second-order valence-electron chi connectivity index (χ2n) is 6.92. The summed E-state index contributed by atoms with van der Waals surface area (Å²) in [7, 11) is -0.407. The first kappa shape index (κ1) is 16.0. The van der Waals surface area contributed by atoms with Crippen molar-refractivity contribution in [1.82, 2.24) is 9.78 Å². The molecule has 0 aliphatic carbocycles. The van der Waals surface area contributed by atoms with E-state index < -0.39 is 7.12 Å². The monoisotopic (exact) mass is 312 g/mol. The summed E-state index contributed by atoms with van der Waals surface area (Å²) in [5, 5.41) is 4.38. The molecule has 1 aliphatic heterocycles. The second kappa shape index (κ2) is 5.62. The van der Waals surface area contributed by atoms with Crippen molar-refractivity contribution in [3.05, 3.63) is 47.8 Å². The zero-order valence-electron chi connectivity index (χ0n) is 13.9. The molecule has 0 bridgehead atoms. The zero-order valence-corrected chi connectivity index (χ0v) is 13.9. The van der Waals surface area contributed by atoms with Crippen LogP contribution in [-0.2, 0) is 15.9 Å². The van der Waals surface area contributed by atoms with E-state index in [2.05, 4.69) is 5.10 Å². The molecule has 1 aromatic carbocycles. The highest BCUT2D eigenvalue weighted by Gasteiger charge is 2.52. The van der Waals surface area contributed by atoms with Crippen LogP contribution >= 0.6 is 0 Å². The van der Waals surface area contributed by atoms with Gasteiger partial charge in [-0.3, -0.25) is 9.48 Å². The summed E-state index contributed by atoms with van der Waals surface area (Å²) in [4.78, 5) is 10.9. The minimum absolute atomic E-state index is 0.363. The van der Waals surface area contributed by atoms with Crippen LogP contribution in [0.15, 0.2) is 36.7 Å². The molecular weight excluding hydrogens is 291 g/mol. The minimum atomic E-state index is -0.407. The summed E-state index contributed by atoms with van der Waals surface area (Å²) >= 11 is 0. The van der Waals surface area contributed by atoms with Crippen LogP contribution in [0.25, 0.3) is 0 Å². The van der Waals surface area contributed by atoms with Gasteiger partial charge < -0.3 is 9.31 Å². The van der Waals surface area contributed by atoms with Crippen molar-refractivity contribution in [2.24, 2.45) is 0 Å². The van der Waals surface area contributed by atoms with Crippen molar-refractivity contribution in [2.45, 2.75) is 45.4 Å². The number of carbonyl (C=O) groups excluding carboxylic acids is 1. The highest BCUT2D eigenvalue weighted by molar-refractivity contribution is 6.61. The number of hydrogen-bond donors (Lipinski definition) is 0. The maximum Gasteiger partial charge on any atom is 0.498 e. The van der Waals surface area contributed by atoms with Gasteiger partial charge in [0, 0.05) is 23.4 Å². The molecule has 0 unspecified atom stereocenters. The molecule has 120 valence electrons. The lowest BCUT2D eigenvalue weighted by Gasteiger charge is -2.32. The van der Waals surface area contributed by atoms with Gasteiger partial charge in [-0.05, 0) is 39.3 Å². The van der Waals surface area contributed by atoms with Crippen LogP contribution in [0.2, 0.25) is 0 Å². The molecule has 1 fully saturated rings. The van der Waals surface area contributed by atoms with Crippen LogP contribution in [0.5, 0.6) is 0 Å². The Morgan fingerprint density at radius 1 is 1.22 bits per heavy atom. The first-order valence-corrected chi connectivity index (χ1v) is 7.73. The Balaban J connectivity index is 1.75. The molecule has 2 aromatic rings. The fourth-order valence-corrected chi connectivity index (χ4v) is 2.52. The van der Waals surface area contributed by atoms with Crippen molar-refractivity contribution in [2.75, 3.05) is 0 Å². The van der Waals surface area contributed by atoms with Gasteiger partial charge in [0.1, 0.15) is 6.29 Å². The van der Waals surface area contributed by atoms with Gasteiger partial charge in [0.05, 0.1) is 17.7 Å². The highest BCUT2D eigenvalue weighted by Crippen LogP contribution is 2.36. The molecule has 2 heterocycles. The smallest absolute Gasteiger partial charge is 0.399 e. The summed E-state index contributed by atoms with van der Waals surface area (Å²) in [5.41, 5.74) is 1.87. The summed E-state index contributed by atoms with van der Waals surface area (Å²) in [6.45, 7) is 8.72. The largest absolute Gasteiger partial charge is 0.498 e. The third-order valence-electron chi connectivity index (χ3n) is 4.61. The Hall–Kier alpha value is -1.92. The van der Waals surface area contributed by atoms with Gasteiger partial charge >= 0.3 is 7.12 Å². The standard InChI is InChI=1S/C17H21BN2O3/c1-16(2)17(3,4)23-18(22-16)15-9-19-20(11-15)10-13-6-5-7-14(8-13)12-21/h5-9,11-12H,10H2,1-4H3. The molecule has 0 N–H and O–H groups in total. The van der Waals surface area contributed by atoms with Gasteiger partial charge in [0.25, 0.3) is 0 Å². The molecule has 0 saturated carbocycles. The van der Waals surface area contributed by atoms with Gasteiger partial charge in [0.2, 0.25) is 0 Å². The average molecular weight is 312 g/mol. The number of carbonyl (C=O) groups is 1. The van der Waals surface area contributed by atoms with Crippen molar-refractivity contribution in [3.63, 3.8) is 0 Å². The van der Waals surface area contributed by atoms with Crippen LogP contribution in [0.4, 0.5) is 0 Å². The third kappa shape index (κ3) is 3.09. The fourth-order valence-electron chi connectivity index (χ4n) is 2.52. The number of nitrogens with zero attached hydrogens (tertiary/aromatic N) is 2. The molecule has 3 rings (SSSR count). The minimum Gasteiger partial charge on any atom is -0.399 e. The molecule has 1 aromatic heterocycles. The van der Waals surface area contributed by atoms with Gasteiger partial charge in [-0.15, -0.1) is 0 Å². The molecule has 0 radical (unpaired) electrons. The summed E-state index contributed by atoms with van der Waals surface area (Å²) in [5.74, 6) is 0. The van der Waals surface area contributed by atoms with E-state index in [1.807, 2.05) is 56.8 Å². The molecule has 0 spiro atoms. The Bertz CT molecular complexity index is 708. The van der Waals surface area contributed by atoms with E-state index in [1.165, 1.54) is 0 Å². The Labute approximate surface area is 136 Å². The molecule has 0 atom stereocenters. The quantitative estimate of drug-likeness (QED) is 0.640. The van der Waals surface area contributed by atoms with E-state index in [4.69, 9.17) is 9.31 Å². The van der Waals surface area contributed by atoms with Crippen molar-refractivity contribution in [1.29, 1.82) is 0 Å². The Morgan fingerprint density at radius 3 is 2.57 bits per heavy atom. The number of aldehydes is 1. The van der Waals surface area contributed by atoms with Gasteiger partial charge in [-0.25, -0.2) is 0 Å². The lowest BCUT2D eigenvalue weighted by molar-refractivity contribution is 0.00578. The highest BCUT2D eigenvalue weighted by atomic mass is 16.7. The fraction of sp³-hybridized carbons (Fsp3) is 0.412. The van der Waals surface area contributed by atoms with Gasteiger partial charge in [0.15, 0.2) is 0 Å². The maximum atomic E-state index is 10.9. The SMILES string of the molecule is CC1(C)OB(c2cnn(Cc3cccc(C=O)c3)c2)OC1(C)C. The second-order valence-corrected chi connectivity index (χ2v) is 6.92. The number of hydrogen-bond acceptors (Lipinski definition) is 4. The number of aromatic nitrogens is 2. The average Bonchev–Trinajstić information content (AvgIpc) is 3.02. The molecule has 0 amide bonds. The van der Waals surface area contributed by atoms with Gasteiger partial charge in [-0.2, -0.15) is 5.10 Å². The van der Waals surface area contributed by atoms with Crippen molar-refractivity contribution in [3.8, 4) is 0 Å². The van der Waals surface area contributed by atoms with E-state index in [-0.39, 0.29) is 11.2 Å². The molecule has 6 heteroatoms. The first-order chi connectivity index (χ1) is 10.8. The molecule has 23 heavy (non-hydrogen) atoms. The van der Waals surface area contributed by atoms with E-state index in [9.17, 15) is 4.79 Å². The lowest BCUT2D eigenvalue weighted by Crippen LogP contribution is -2.41. The van der Waals surface area contributed by atoms with E-state index in [0.29, 0.717) is 12.1 Å². The summed E-state index contributed by atoms with van der Waals surface area (Å²) in [6, 6.07) is 7.50. The third-order valence-corrected chi connectivity index (χ3v) is 4.61. The predicted octanol–water partition coefficient (Wildman–Crippen LogP) is 2.04. The predicted molar refractivity (Wildman–Crippen MR) is 88.9 cm³/mol. The van der Waals surface area contributed by atoms with Crippen LogP contribution in [0.1, 0.15) is 43.6 Å². The molecular formula is C17H21BN2O3. The van der Waals surface area contributed by atoms with E-state index >= 15 is 0 Å². The van der Waals surface area contributed by atoms with E-state index in [0.717, 1.165) is 17.3 Å². The summed E-state index contributed by atoms with van der Waals surface area (Å²) < 4.78 is 13.9. The van der Waals surface area contributed by atoms with Crippen LogP contribution in [0.3, 0.4) is 0 Å². The van der Waals surface area contributed by atoms with Crippen LogP contribution in [-0.4, -0.2) is 34.4 Å². The maximum absolute atomic E-state index is 10.9. The molecule has 5 nitrogen and oxygen atoms in total. The topological polar surface area (TPSA) is 53.4 Å². The van der Waals surface area contributed by atoms with Crippen LogP contribution < -0.4 is 5.46 Å². The Morgan fingerprint density at radius 2 is 1.91 bits per heavy atom. The number of rotatable bonds is 4.